The molecule has 3 nitrogen and oxygen atoms in total. The Balaban J connectivity index is 1.53. The number of benzene rings is 3. The maximum atomic E-state index is 12.5. The summed E-state index contributed by atoms with van der Waals surface area (Å²) in [5.41, 5.74) is 3.44. The minimum atomic E-state index is -0.145. The van der Waals surface area contributed by atoms with Gasteiger partial charge < -0.3 is 10.6 Å². The van der Waals surface area contributed by atoms with E-state index in [9.17, 15) is 4.79 Å². The van der Waals surface area contributed by atoms with Gasteiger partial charge in [-0.15, -0.1) is 0 Å². The van der Waals surface area contributed by atoms with Crippen LogP contribution < -0.4 is 10.6 Å². The zero-order chi connectivity index (χ0) is 16.4. The summed E-state index contributed by atoms with van der Waals surface area (Å²) in [7, 11) is 0. The van der Waals surface area contributed by atoms with E-state index in [1.807, 2.05) is 36.4 Å². The van der Waals surface area contributed by atoms with Gasteiger partial charge in [0, 0.05) is 5.39 Å². The molecule has 0 saturated carbocycles. The Kier molecular flexibility index (Phi) is 3.91. The average Bonchev–Trinajstić information content (AvgIpc) is 2.62. The third-order valence-corrected chi connectivity index (χ3v) is 4.71. The zero-order valence-corrected chi connectivity index (χ0v) is 13.5. The van der Waals surface area contributed by atoms with Crippen molar-refractivity contribution in [3.63, 3.8) is 0 Å². The Hall–Kier alpha value is -2.81. The van der Waals surface area contributed by atoms with Gasteiger partial charge in [-0.05, 0) is 41.8 Å². The molecule has 3 heteroatoms. The summed E-state index contributed by atoms with van der Waals surface area (Å²) in [5.74, 6) is 0. The molecule has 0 aliphatic heterocycles. The second-order valence-corrected chi connectivity index (χ2v) is 6.27. The van der Waals surface area contributed by atoms with Crippen molar-refractivity contribution < 1.29 is 4.79 Å². The van der Waals surface area contributed by atoms with Gasteiger partial charge in [0.1, 0.15) is 0 Å². The summed E-state index contributed by atoms with van der Waals surface area (Å²) >= 11 is 0. The summed E-state index contributed by atoms with van der Waals surface area (Å²) in [6, 6.07) is 22.4. The van der Waals surface area contributed by atoms with E-state index in [2.05, 4.69) is 41.0 Å². The van der Waals surface area contributed by atoms with Crippen LogP contribution in [0.3, 0.4) is 0 Å². The van der Waals surface area contributed by atoms with Gasteiger partial charge >= 0.3 is 6.03 Å². The molecular weight excluding hydrogens is 296 g/mol. The first kappa shape index (κ1) is 14.8. The fourth-order valence-electron chi connectivity index (χ4n) is 3.55. The molecule has 3 aromatic rings. The average molecular weight is 316 g/mol. The van der Waals surface area contributed by atoms with Crippen LogP contribution in [0.4, 0.5) is 10.5 Å². The predicted molar refractivity (Wildman–Crippen MR) is 98.2 cm³/mol. The SMILES string of the molecule is O=C(Nc1cccc2ccccc12)N[C@H]1CCCc2ccccc21. The van der Waals surface area contributed by atoms with Crippen LogP contribution in [-0.4, -0.2) is 6.03 Å². The molecule has 0 bridgehead atoms. The summed E-state index contributed by atoms with van der Waals surface area (Å²) in [4.78, 5) is 12.5. The summed E-state index contributed by atoms with van der Waals surface area (Å²) in [6.45, 7) is 0. The molecule has 1 atom stereocenters. The van der Waals surface area contributed by atoms with Crippen LogP contribution in [0.25, 0.3) is 10.8 Å². The quantitative estimate of drug-likeness (QED) is 0.683. The Labute approximate surface area is 141 Å². The minimum Gasteiger partial charge on any atom is -0.331 e. The number of aryl methyl sites for hydroxylation is 1. The maximum Gasteiger partial charge on any atom is 0.319 e. The number of anilines is 1. The lowest BCUT2D eigenvalue weighted by Crippen LogP contribution is -2.34. The fourth-order valence-corrected chi connectivity index (χ4v) is 3.55. The smallest absolute Gasteiger partial charge is 0.319 e. The molecule has 24 heavy (non-hydrogen) atoms. The van der Waals surface area contributed by atoms with Crippen LogP contribution >= 0.6 is 0 Å². The standard InChI is InChI=1S/C21H20N2O/c24-21(22-19-13-5-9-15-7-1-3-11-17(15)19)23-20-14-6-10-16-8-2-4-12-18(16)20/h1-5,7-9,11-13,20H,6,10,14H2,(H2,22,23,24)/t20-/m0/s1. The van der Waals surface area contributed by atoms with Gasteiger partial charge in [-0.3, -0.25) is 0 Å². The molecule has 1 aliphatic rings. The van der Waals surface area contributed by atoms with E-state index < -0.39 is 0 Å². The normalized spacial score (nSPS) is 16.4. The second kappa shape index (κ2) is 6.36. The minimum absolute atomic E-state index is 0.0879. The highest BCUT2D eigenvalue weighted by Gasteiger charge is 2.21. The number of amides is 2. The lowest BCUT2D eigenvalue weighted by Gasteiger charge is -2.26. The van der Waals surface area contributed by atoms with Crippen molar-refractivity contribution in [1.82, 2.24) is 5.32 Å². The molecule has 0 fully saturated rings. The highest BCUT2D eigenvalue weighted by Crippen LogP contribution is 2.29. The van der Waals surface area contributed by atoms with Gasteiger partial charge in [0.05, 0.1) is 11.7 Å². The Morgan fingerprint density at radius 1 is 0.917 bits per heavy atom. The number of hydrogen-bond donors (Lipinski definition) is 2. The van der Waals surface area contributed by atoms with Gasteiger partial charge in [-0.25, -0.2) is 4.79 Å². The van der Waals surface area contributed by atoms with Gasteiger partial charge in [-0.2, -0.15) is 0 Å². The Bertz CT molecular complexity index is 882. The van der Waals surface area contributed by atoms with Gasteiger partial charge in [-0.1, -0.05) is 60.7 Å². The Morgan fingerprint density at radius 3 is 2.67 bits per heavy atom. The highest BCUT2D eigenvalue weighted by atomic mass is 16.2. The van der Waals surface area contributed by atoms with Gasteiger partial charge in [0.25, 0.3) is 0 Å². The largest absolute Gasteiger partial charge is 0.331 e. The molecule has 120 valence electrons. The molecule has 2 amide bonds. The zero-order valence-electron chi connectivity index (χ0n) is 13.5. The third-order valence-electron chi connectivity index (χ3n) is 4.71. The van der Waals surface area contributed by atoms with Crippen LogP contribution in [0.2, 0.25) is 0 Å². The maximum absolute atomic E-state index is 12.5. The highest BCUT2D eigenvalue weighted by molar-refractivity contribution is 6.01. The van der Waals surface area contributed by atoms with Crippen molar-refractivity contribution in [1.29, 1.82) is 0 Å². The number of carbonyl (C=O) groups excluding carboxylic acids is 1. The van der Waals surface area contributed by atoms with Crippen LogP contribution in [0.1, 0.15) is 30.0 Å². The van der Waals surface area contributed by atoms with E-state index in [0.29, 0.717) is 0 Å². The van der Waals surface area contributed by atoms with Crippen LogP contribution in [0.15, 0.2) is 66.7 Å². The van der Waals surface area contributed by atoms with E-state index in [-0.39, 0.29) is 12.1 Å². The van der Waals surface area contributed by atoms with Gasteiger partial charge in [0.15, 0.2) is 0 Å². The lowest BCUT2D eigenvalue weighted by atomic mass is 9.88. The van der Waals surface area contributed by atoms with Crippen molar-refractivity contribution >= 4 is 22.5 Å². The van der Waals surface area contributed by atoms with E-state index in [0.717, 1.165) is 35.7 Å². The first-order chi connectivity index (χ1) is 11.8. The summed E-state index contributed by atoms with van der Waals surface area (Å²) < 4.78 is 0. The molecule has 0 spiro atoms. The van der Waals surface area contributed by atoms with Crippen LogP contribution in [-0.2, 0) is 6.42 Å². The summed E-state index contributed by atoms with van der Waals surface area (Å²) in [5, 5.41) is 8.33. The third kappa shape index (κ3) is 2.85. The molecule has 0 heterocycles. The molecular formula is C21H20N2O. The molecule has 0 radical (unpaired) electrons. The molecule has 3 aromatic carbocycles. The van der Waals surface area contributed by atoms with Crippen molar-refractivity contribution in [3.05, 3.63) is 77.9 Å². The molecule has 0 aromatic heterocycles. The van der Waals surface area contributed by atoms with Crippen molar-refractivity contribution in [2.24, 2.45) is 0 Å². The predicted octanol–water partition coefficient (Wildman–Crippen LogP) is 5.04. The number of rotatable bonds is 2. The molecule has 1 aliphatic carbocycles. The molecule has 2 N–H and O–H groups in total. The summed E-state index contributed by atoms with van der Waals surface area (Å²) in [6.07, 6.45) is 3.19. The van der Waals surface area contributed by atoms with Crippen molar-refractivity contribution in [3.8, 4) is 0 Å². The number of hydrogen-bond acceptors (Lipinski definition) is 1. The second-order valence-electron chi connectivity index (χ2n) is 6.27. The van der Waals surface area contributed by atoms with Crippen LogP contribution in [0.5, 0.6) is 0 Å². The number of nitrogens with one attached hydrogen (secondary N) is 2. The van der Waals surface area contributed by atoms with Crippen molar-refractivity contribution in [2.45, 2.75) is 25.3 Å². The lowest BCUT2D eigenvalue weighted by molar-refractivity contribution is 0.247. The first-order valence-electron chi connectivity index (χ1n) is 8.44. The van der Waals surface area contributed by atoms with Crippen molar-refractivity contribution in [2.75, 3.05) is 5.32 Å². The molecule has 0 saturated heterocycles. The van der Waals surface area contributed by atoms with E-state index >= 15 is 0 Å². The van der Waals surface area contributed by atoms with E-state index in [4.69, 9.17) is 0 Å². The number of urea groups is 1. The first-order valence-corrected chi connectivity index (χ1v) is 8.44. The molecule has 0 unspecified atom stereocenters. The fraction of sp³-hybridized carbons (Fsp3) is 0.190. The Morgan fingerprint density at radius 2 is 1.71 bits per heavy atom. The molecule has 4 rings (SSSR count). The van der Waals surface area contributed by atoms with E-state index in [1.54, 1.807) is 0 Å². The van der Waals surface area contributed by atoms with E-state index in [1.165, 1.54) is 11.1 Å². The van der Waals surface area contributed by atoms with Gasteiger partial charge in [0.2, 0.25) is 0 Å². The monoisotopic (exact) mass is 316 g/mol. The number of carbonyl (C=O) groups is 1. The number of fused-ring (bicyclic) bond motifs is 2. The topological polar surface area (TPSA) is 41.1 Å². The van der Waals surface area contributed by atoms with Crippen LogP contribution in [0, 0.1) is 0 Å².